The number of nitrogens with zero attached hydrogens (tertiary/aromatic N) is 1. The van der Waals surface area contributed by atoms with Gasteiger partial charge in [0.2, 0.25) is 0 Å². The van der Waals surface area contributed by atoms with E-state index in [0.29, 0.717) is 0 Å². The fourth-order valence-electron chi connectivity index (χ4n) is 9.78. The van der Waals surface area contributed by atoms with Crippen LogP contribution in [0.1, 0.15) is 48.6 Å². The summed E-state index contributed by atoms with van der Waals surface area (Å²) in [6.07, 6.45) is 0. The molecule has 1 aromatic heterocycles. The van der Waals surface area contributed by atoms with Crippen LogP contribution in [0.3, 0.4) is 0 Å². The maximum absolute atomic E-state index is 6.50. The first-order valence-electron chi connectivity index (χ1n) is 19.3. The second kappa shape index (κ2) is 11.7. The topological polar surface area (TPSA) is 16.4 Å². The molecule has 262 valence electrons. The van der Waals surface area contributed by atoms with E-state index in [1.54, 1.807) is 0 Å². The molecule has 8 aromatic carbocycles. The van der Waals surface area contributed by atoms with Gasteiger partial charge in [0.15, 0.2) is 0 Å². The second-order valence-electron chi connectivity index (χ2n) is 15.8. The quantitative estimate of drug-likeness (QED) is 0.177. The maximum atomic E-state index is 6.50. The molecule has 0 saturated heterocycles. The minimum atomic E-state index is -0.372. The number of para-hydroxylation sites is 1. The SMILES string of the molecule is CC1(C)c2ccccc2-c2ccc(N(c3ccc4c(c3)C(C)(c3ccccc3)c3cccc(-c5ccccc5)c3-4)c3ccc4c(c3)oc3ccccc34)cc21. The third-order valence-electron chi connectivity index (χ3n) is 12.6. The van der Waals surface area contributed by atoms with Gasteiger partial charge in [0.25, 0.3) is 0 Å². The van der Waals surface area contributed by atoms with Gasteiger partial charge in [0.05, 0.1) is 0 Å². The van der Waals surface area contributed by atoms with Gasteiger partial charge in [-0.05, 0) is 111 Å². The average Bonchev–Trinajstić information content (AvgIpc) is 3.82. The van der Waals surface area contributed by atoms with Crippen LogP contribution in [0.25, 0.3) is 55.3 Å². The first-order valence-corrected chi connectivity index (χ1v) is 19.3. The molecular weight excluding hydrogens is 667 g/mol. The van der Waals surface area contributed by atoms with Crippen molar-refractivity contribution in [1.29, 1.82) is 0 Å². The van der Waals surface area contributed by atoms with E-state index in [-0.39, 0.29) is 10.8 Å². The monoisotopic (exact) mass is 705 g/mol. The highest BCUT2D eigenvalue weighted by Crippen LogP contribution is 2.57. The smallest absolute Gasteiger partial charge is 0.137 e. The summed E-state index contributed by atoms with van der Waals surface area (Å²) in [5.41, 5.74) is 18.9. The van der Waals surface area contributed by atoms with Crippen molar-refractivity contribution >= 4 is 39.0 Å². The molecular formula is C53H39NO. The first kappa shape index (κ1) is 31.8. The predicted molar refractivity (Wildman–Crippen MR) is 229 cm³/mol. The van der Waals surface area contributed by atoms with Crippen LogP contribution in [-0.2, 0) is 10.8 Å². The number of hydrogen-bond donors (Lipinski definition) is 0. The molecule has 0 saturated carbocycles. The van der Waals surface area contributed by atoms with Gasteiger partial charge in [-0.1, -0.05) is 147 Å². The van der Waals surface area contributed by atoms with Gasteiger partial charge in [0.1, 0.15) is 11.2 Å². The highest BCUT2D eigenvalue weighted by Gasteiger charge is 2.42. The fraction of sp³-hybridized carbons (Fsp3) is 0.0943. The van der Waals surface area contributed by atoms with Crippen molar-refractivity contribution in [3.8, 4) is 33.4 Å². The Morgan fingerprint density at radius 1 is 0.400 bits per heavy atom. The van der Waals surface area contributed by atoms with Gasteiger partial charge < -0.3 is 9.32 Å². The molecule has 1 atom stereocenters. The molecule has 1 heterocycles. The van der Waals surface area contributed by atoms with Crippen LogP contribution in [0.2, 0.25) is 0 Å². The van der Waals surface area contributed by atoms with Gasteiger partial charge in [0, 0.05) is 44.7 Å². The molecule has 0 bridgehead atoms. The molecule has 0 N–H and O–H groups in total. The lowest BCUT2D eigenvalue weighted by molar-refractivity contribution is 0.660. The molecule has 11 rings (SSSR count). The minimum absolute atomic E-state index is 0.129. The van der Waals surface area contributed by atoms with Gasteiger partial charge in [-0.25, -0.2) is 0 Å². The highest BCUT2D eigenvalue weighted by molar-refractivity contribution is 6.06. The van der Waals surface area contributed by atoms with Crippen LogP contribution < -0.4 is 4.90 Å². The summed E-state index contributed by atoms with van der Waals surface area (Å²) in [5.74, 6) is 0. The zero-order chi connectivity index (χ0) is 36.9. The third-order valence-corrected chi connectivity index (χ3v) is 12.6. The normalized spacial score (nSPS) is 16.1. The Bertz CT molecular complexity index is 2970. The lowest BCUT2D eigenvalue weighted by Crippen LogP contribution is -2.23. The largest absolute Gasteiger partial charge is 0.456 e. The van der Waals surface area contributed by atoms with Crippen LogP contribution in [0.5, 0.6) is 0 Å². The molecule has 0 radical (unpaired) electrons. The third kappa shape index (κ3) is 4.55. The molecule has 0 fully saturated rings. The number of furan rings is 1. The van der Waals surface area contributed by atoms with Crippen molar-refractivity contribution in [3.63, 3.8) is 0 Å². The number of benzene rings is 8. The second-order valence-corrected chi connectivity index (χ2v) is 15.8. The molecule has 0 amide bonds. The molecule has 55 heavy (non-hydrogen) atoms. The molecule has 2 aliphatic rings. The Morgan fingerprint density at radius 3 is 1.80 bits per heavy atom. The number of hydrogen-bond acceptors (Lipinski definition) is 2. The molecule has 1 unspecified atom stereocenters. The summed E-state index contributed by atoms with van der Waals surface area (Å²) < 4.78 is 6.50. The molecule has 9 aromatic rings. The standard InChI is InChI=1S/C53H39NO/c1-52(2)45-22-12-10-19-40(45)41-28-25-36(31-47(41)52)54(38-26-29-43-42-20-11-13-24-49(42)55-50(43)33-38)37-27-30-44-48(32-37)53(3,35-17-8-5-9-18-35)46-23-14-21-39(51(44)46)34-15-6-4-7-16-34/h4-33H,1-3H3. The summed E-state index contributed by atoms with van der Waals surface area (Å²) >= 11 is 0. The Labute approximate surface area is 322 Å². The minimum Gasteiger partial charge on any atom is -0.456 e. The van der Waals surface area contributed by atoms with Crippen LogP contribution in [-0.4, -0.2) is 0 Å². The van der Waals surface area contributed by atoms with Crippen molar-refractivity contribution in [2.75, 3.05) is 4.90 Å². The summed E-state index contributed by atoms with van der Waals surface area (Å²) in [4.78, 5) is 2.43. The molecule has 0 aliphatic heterocycles. The van der Waals surface area contributed by atoms with E-state index in [4.69, 9.17) is 4.42 Å². The number of rotatable bonds is 5. The summed E-state index contributed by atoms with van der Waals surface area (Å²) in [7, 11) is 0. The number of anilines is 3. The van der Waals surface area contributed by atoms with Crippen LogP contribution >= 0.6 is 0 Å². The first-order chi connectivity index (χ1) is 26.9. The summed E-state index contributed by atoms with van der Waals surface area (Å²) in [6.45, 7) is 7.12. The van der Waals surface area contributed by atoms with E-state index in [1.807, 2.05) is 6.07 Å². The molecule has 2 heteroatoms. The summed E-state index contributed by atoms with van der Waals surface area (Å²) in [5, 5.41) is 2.26. The van der Waals surface area contributed by atoms with Crippen molar-refractivity contribution < 1.29 is 4.42 Å². The van der Waals surface area contributed by atoms with Crippen molar-refractivity contribution in [2.24, 2.45) is 0 Å². The Kier molecular flexibility index (Phi) is 6.76. The molecule has 2 nitrogen and oxygen atoms in total. The average molecular weight is 706 g/mol. The van der Waals surface area contributed by atoms with E-state index in [0.717, 1.165) is 39.0 Å². The van der Waals surface area contributed by atoms with Gasteiger partial charge in [-0.2, -0.15) is 0 Å². The Morgan fingerprint density at radius 2 is 0.982 bits per heavy atom. The Hall–Kier alpha value is -6.64. The van der Waals surface area contributed by atoms with Crippen molar-refractivity contribution in [2.45, 2.75) is 31.6 Å². The van der Waals surface area contributed by atoms with Gasteiger partial charge in [-0.3, -0.25) is 0 Å². The fourth-order valence-corrected chi connectivity index (χ4v) is 9.78. The number of fused-ring (bicyclic) bond motifs is 9. The lowest BCUT2D eigenvalue weighted by Gasteiger charge is -2.31. The van der Waals surface area contributed by atoms with Crippen LogP contribution in [0, 0.1) is 0 Å². The van der Waals surface area contributed by atoms with E-state index in [2.05, 4.69) is 202 Å². The van der Waals surface area contributed by atoms with E-state index in [1.165, 1.54) is 61.2 Å². The maximum Gasteiger partial charge on any atom is 0.137 e. The van der Waals surface area contributed by atoms with Gasteiger partial charge in [-0.15, -0.1) is 0 Å². The van der Waals surface area contributed by atoms with Crippen LogP contribution in [0.4, 0.5) is 17.1 Å². The van der Waals surface area contributed by atoms with Gasteiger partial charge >= 0.3 is 0 Å². The van der Waals surface area contributed by atoms with Crippen LogP contribution in [0.15, 0.2) is 186 Å². The molecule has 2 aliphatic carbocycles. The van der Waals surface area contributed by atoms with Crippen molar-refractivity contribution in [1.82, 2.24) is 0 Å². The van der Waals surface area contributed by atoms with E-state index >= 15 is 0 Å². The lowest BCUT2D eigenvalue weighted by atomic mass is 9.74. The summed E-state index contributed by atoms with van der Waals surface area (Å²) in [6, 6.07) is 66.8. The van der Waals surface area contributed by atoms with E-state index < -0.39 is 0 Å². The highest BCUT2D eigenvalue weighted by atomic mass is 16.3. The predicted octanol–water partition coefficient (Wildman–Crippen LogP) is 14.4. The van der Waals surface area contributed by atoms with Crippen molar-refractivity contribution in [3.05, 3.63) is 210 Å². The molecule has 0 spiro atoms. The zero-order valence-electron chi connectivity index (χ0n) is 31.2. The zero-order valence-corrected chi connectivity index (χ0v) is 31.2. The Balaban J connectivity index is 1.16. The van der Waals surface area contributed by atoms with E-state index in [9.17, 15) is 0 Å².